The maximum atomic E-state index is 14.0. The Morgan fingerprint density at radius 2 is 1.29 bits per heavy atom. The van der Waals surface area contributed by atoms with E-state index in [0.717, 1.165) is 16.7 Å². The molecule has 3 aliphatic heterocycles. The fourth-order valence-corrected chi connectivity index (χ4v) is 6.00. The average Bonchev–Trinajstić information content (AvgIpc) is 3.60. The molecule has 2 N–H and O–H groups in total. The van der Waals surface area contributed by atoms with Crippen molar-refractivity contribution in [3.05, 3.63) is 120 Å². The van der Waals surface area contributed by atoms with E-state index in [1.807, 2.05) is 103 Å². The van der Waals surface area contributed by atoms with Gasteiger partial charge in [-0.25, -0.2) is 0 Å². The summed E-state index contributed by atoms with van der Waals surface area (Å²) in [5.41, 5.74) is 1.64. The summed E-state index contributed by atoms with van der Waals surface area (Å²) in [7, 11) is 0. The number of fused-ring (bicyclic) bond motifs is 1. The summed E-state index contributed by atoms with van der Waals surface area (Å²) in [5, 5.41) is 6.00. The molecule has 0 aromatic heterocycles. The zero-order valence-electron chi connectivity index (χ0n) is 20.8. The van der Waals surface area contributed by atoms with E-state index < -0.39 is 29.6 Å². The molecule has 0 aliphatic carbocycles. The van der Waals surface area contributed by atoms with E-state index in [-0.39, 0.29) is 24.3 Å². The largest absolute Gasteiger partial charge is 0.359 e. The first-order chi connectivity index (χ1) is 18.6. The Hall–Kier alpha value is -4.23. The highest BCUT2D eigenvalue weighted by atomic mass is 16.5. The minimum Gasteiger partial charge on any atom is -0.359 e. The number of carbonyl (C=O) groups excluding carboxylic acids is 3. The minimum absolute atomic E-state index is 0.236. The van der Waals surface area contributed by atoms with Crippen molar-refractivity contribution < 1.29 is 19.1 Å². The van der Waals surface area contributed by atoms with Crippen LogP contribution in [0, 0.1) is 11.8 Å². The fraction of sp³-hybridized carbons (Fsp3) is 0.258. The van der Waals surface area contributed by atoms with Gasteiger partial charge in [-0.1, -0.05) is 103 Å². The molecular formula is C31H29N3O4. The molecule has 0 radical (unpaired) electrons. The summed E-state index contributed by atoms with van der Waals surface area (Å²) in [6.07, 6.45) is 3.11. The smallest absolute Gasteiger partial charge is 0.246 e. The Morgan fingerprint density at radius 3 is 1.87 bits per heavy atom. The van der Waals surface area contributed by atoms with E-state index >= 15 is 0 Å². The molecule has 2 saturated heterocycles. The van der Waals surface area contributed by atoms with Crippen LogP contribution >= 0.6 is 0 Å². The second-order valence-electron chi connectivity index (χ2n) is 10.1. The van der Waals surface area contributed by atoms with Crippen LogP contribution in [0.25, 0.3) is 0 Å². The first-order valence-electron chi connectivity index (χ1n) is 12.9. The zero-order valence-corrected chi connectivity index (χ0v) is 20.8. The minimum atomic E-state index is -1.19. The molecule has 3 heterocycles. The van der Waals surface area contributed by atoms with Crippen LogP contribution in [0.1, 0.15) is 16.7 Å². The molecular weight excluding hydrogens is 478 g/mol. The van der Waals surface area contributed by atoms with Crippen molar-refractivity contribution >= 4 is 17.7 Å². The van der Waals surface area contributed by atoms with Crippen molar-refractivity contribution in [2.75, 3.05) is 0 Å². The molecule has 3 aliphatic rings. The average molecular weight is 508 g/mol. The number of nitrogens with zero attached hydrogens (tertiary/aromatic N) is 1. The number of amides is 3. The van der Waals surface area contributed by atoms with Crippen LogP contribution in [0.15, 0.2) is 103 Å². The molecule has 7 heteroatoms. The second kappa shape index (κ2) is 9.91. The van der Waals surface area contributed by atoms with E-state index in [2.05, 4.69) is 10.6 Å². The molecule has 0 saturated carbocycles. The number of hydrogen-bond donors (Lipinski definition) is 2. The molecule has 2 bridgehead atoms. The van der Waals surface area contributed by atoms with Crippen LogP contribution in [0.2, 0.25) is 0 Å². The van der Waals surface area contributed by atoms with Crippen molar-refractivity contribution in [2.45, 2.75) is 37.4 Å². The number of nitrogens with one attached hydrogen (secondary N) is 2. The third-order valence-electron chi connectivity index (χ3n) is 7.74. The summed E-state index contributed by atoms with van der Waals surface area (Å²) < 4.78 is 6.40. The highest BCUT2D eigenvalue weighted by Crippen LogP contribution is 2.55. The Balaban J connectivity index is 1.28. The molecule has 7 nitrogen and oxygen atoms in total. The van der Waals surface area contributed by atoms with Gasteiger partial charge in [0.1, 0.15) is 11.6 Å². The number of hydrogen-bond acceptors (Lipinski definition) is 4. The summed E-state index contributed by atoms with van der Waals surface area (Å²) in [4.78, 5) is 42.8. The van der Waals surface area contributed by atoms with Crippen molar-refractivity contribution in [1.82, 2.24) is 15.5 Å². The van der Waals surface area contributed by atoms with Gasteiger partial charge in [0, 0.05) is 19.6 Å². The Bertz CT molecular complexity index is 1360. The first kappa shape index (κ1) is 24.1. The van der Waals surface area contributed by atoms with Crippen LogP contribution in [0.3, 0.4) is 0 Å². The third-order valence-corrected chi connectivity index (χ3v) is 7.74. The van der Waals surface area contributed by atoms with Gasteiger partial charge in [-0.3, -0.25) is 14.4 Å². The predicted molar refractivity (Wildman–Crippen MR) is 141 cm³/mol. The molecule has 2 fully saturated rings. The molecule has 192 valence electrons. The molecule has 5 unspecified atom stereocenters. The van der Waals surface area contributed by atoms with Gasteiger partial charge in [0.05, 0.1) is 17.9 Å². The lowest BCUT2D eigenvalue weighted by atomic mass is 9.74. The Morgan fingerprint density at radius 1 is 0.763 bits per heavy atom. The van der Waals surface area contributed by atoms with Crippen molar-refractivity contribution in [3.8, 4) is 0 Å². The molecule has 6 rings (SSSR count). The maximum Gasteiger partial charge on any atom is 0.246 e. The lowest BCUT2D eigenvalue weighted by Crippen LogP contribution is -2.54. The number of ether oxygens (including phenoxy) is 1. The zero-order chi connectivity index (χ0) is 26.1. The molecule has 3 amide bonds. The summed E-state index contributed by atoms with van der Waals surface area (Å²) in [6.45, 7) is 0.940. The Kier molecular flexibility index (Phi) is 6.29. The lowest BCUT2D eigenvalue weighted by Gasteiger charge is -2.32. The third kappa shape index (κ3) is 4.19. The number of likely N-dealkylation sites (tertiary alicyclic amines) is 1. The molecule has 3 aromatic carbocycles. The van der Waals surface area contributed by atoms with E-state index in [9.17, 15) is 14.4 Å². The number of benzene rings is 3. The van der Waals surface area contributed by atoms with Gasteiger partial charge >= 0.3 is 0 Å². The van der Waals surface area contributed by atoms with Gasteiger partial charge in [0.15, 0.2) is 0 Å². The van der Waals surface area contributed by atoms with E-state index in [4.69, 9.17) is 4.74 Å². The topological polar surface area (TPSA) is 87.7 Å². The van der Waals surface area contributed by atoms with Gasteiger partial charge in [0.2, 0.25) is 17.7 Å². The molecule has 5 atom stereocenters. The highest BCUT2D eigenvalue weighted by Gasteiger charge is 2.72. The van der Waals surface area contributed by atoms with Crippen LogP contribution < -0.4 is 10.6 Å². The number of carbonyl (C=O) groups is 3. The predicted octanol–water partition coefficient (Wildman–Crippen LogP) is 2.97. The van der Waals surface area contributed by atoms with E-state index in [1.54, 1.807) is 4.90 Å². The highest BCUT2D eigenvalue weighted by molar-refractivity contribution is 5.99. The van der Waals surface area contributed by atoms with E-state index in [1.165, 1.54) is 0 Å². The second-order valence-corrected chi connectivity index (χ2v) is 10.1. The van der Waals surface area contributed by atoms with Gasteiger partial charge in [-0.05, 0) is 16.7 Å². The summed E-state index contributed by atoms with van der Waals surface area (Å²) >= 11 is 0. The van der Waals surface area contributed by atoms with Crippen molar-refractivity contribution in [1.29, 1.82) is 0 Å². The van der Waals surface area contributed by atoms with Gasteiger partial charge in [-0.15, -0.1) is 0 Å². The quantitative estimate of drug-likeness (QED) is 0.459. The SMILES string of the molecule is O=C(NCc1ccccc1)C1C2C=CC3(O2)C1C(=O)N(Cc1ccccc1)C3C(=O)NCc1ccccc1. The van der Waals surface area contributed by atoms with Crippen molar-refractivity contribution in [2.24, 2.45) is 11.8 Å². The maximum absolute atomic E-state index is 14.0. The van der Waals surface area contributed by atoms with Crippen LogP contribution in [0.5, 0.6) is 0 Å². The van der Waals surface area contributed by atoms with E-state index in [0.29, 0.717) is 13.1 Å². The molecule has 38 heavy (non-hydrogen) atoms. The summed E-state index contributed by atoms with van der Waals surface area (Å²) in [5.74, 6) is -2.25. The lowest BCUT2D eigenvalue weighted by molar-refractivity contribution is -0.142. The standard InChI is InChI=1S/C31H29N3O4/c35-28(32-18-21-10-4-1-5-11-21)25-24-16-17-31(38-24)26(25)30(37)34(20-23-14-8-3-9-15-23)27(31)29(36)33-19-22-12-6-2-7-13-22/h1-17,24-27H,18-20H2,(H,32,35)(H,33,36). The normalized spacial score (nSPS) is 26.8. The molecule has 3 aromatic rings. The fourth-order valence-electron chi connectivity index (χ4n) is 6.00. The van der Waals surface area contributed by atoms with Gasteiger partial charge in [0.25, 0.3) is 0 Å². The van der Waals surface area contributed by atoms with Gasteiger partial charge in [-0.2, -0.15) is 0 Å². The van der Waals surface area contributed by atoms with Crippen molar-refractivity contribution in [3.63, 3.8) is 0 Å². The van der Waals surface area contributed by atoms with Crippen LogP contribution in [-0.2, 0) is 38.8 Å². The van der Waals surface area contributed by atoms with Crippen LogP contribution in [-0.4, -0.2) is 40.4 Å². The Labute approximate surface area is 221 Å². The molecule has 1 spiro atoms. The number of rotatable bonds is 8. The first-order valence-corrected chi connectivity index (χ1v) is 12.9. The summed E-state index contributed by atoms with van der Waals surface area (Å²) in [6, 6.07) is 27.9. The monoisotopic (exact) mass is 507 g/mol. The van der Waals surface area contributed by atoms with Gasteiger partial charge < -0.3 is 20.3 Å². The van der Waals surface area contributed by atoms with Crippen LogP contribution in [0.4, 0.5) is 0 Å².